The minimum atomic E-state index is -0.756. The Hall–Kier alpha value is -1.84. The fourth-order valence-corrected chi connectivity index (χ4v) is 1.28. The summed E-state index contributed by atoms with van der Waals surface area (Å²) in [5.41, 5.74) is -0.359. The molecule has 1 aromatic carbocycles. The van der Waals surface area contributed by atoms with Crippen LogP contribution in [0.1, 0.15) is 0 Å². The molecule has 1 heterocycles. The Morgan fingerprint density at radius 3 is 2.20 bits per heavy atom. The number of hydrogen-bond acceptors (Lipinski definition) is 1. The van der Waals surface area contributed by atoms with Crippen LogP contribution in [0.3, 0.4) is 0 Å². The lowest BCUT2D eigenvalue weighted by molar-refractivity contribution is 0.587. The van der Waals surface area contributed by atoms with Gasteiger partial charge in [0.15, 0.2) is 0 Å². The van der Waals surface area contributed by atoms with Crippen molar-refractivity contribution in [3.63, 3.8) is 0 Å². The Labute approximate surface area is 84.2 Å². The number of aromatic nitrogens is 1. The molecule has 1 nitrogen and oxygen atoms in total. The van der Waals surface area contributed by atoms with Crippen molar-refractivity contribution in [2.75, 3.05) is 0 Å². The monoisotopic (exact) mass is 209 g/mol. The number of hydrogen-bond donors (Lipinski definition) is 0. The predicted molar refractivity (Wildman–Crippen MR) is 49.5 cm³/mol. The molecule has 2 aromatic rings. The summed E-state index contributed by atoms with van der Waals surface area (Å²) < 4.78 is 39.4. The van der Waals surface area contributed by atoms with E-state index >= 15 is 0 Å². The highest BCUT2D eigenvalue weighted by Crippen LogP contribution is 2.24. The number of nitrogens with zero attached hydrogens (tertiary/aromatic N) is 1. The van der Waals surface area contributed by atoms with Gasteiger partial charge in [0.05, 0.1) is 11.3 Å². The molecule has 76 valence electrons. The van der Waals surface area contributed by atoms with Crippen LogP contribution in [0.15, 0.2) is 36.5 Å². The Morgan fingerprint density at radius 2 is 1.60 bits per heavy atom. The van der Waals surface area contributed by atoms with Crippen LogP contribution in [0.25, 0.3) is 11.3 Å². The molecule has 0 atom stereocenters. The quantitative estimate of drug-likeness (QED) is 0.702. The minimum absolute atomic E-state index is 0.0504. The first kappa shape index (κ1) is 9.71. The van der Waals surface area contributed by atoms with E-state index in [1.165, 1.54) is 6.07 Å². The maximum atomic E-state index is 13.3. The van der Waals surface area contributed by atoms with Gasteiger partial charge >= 0.3 is 0 Å². The van der Waals surface area contributed by atoms with E-state index in [-0.39, 0.29) is 11.3 Å². The van der Waals surface area contributed by atoms with Crippen LogP contribution in [0.4, 0.5) is 13.2 Å². The molecule has 2 rings (SSSR count). The van der Waals surface area contributed by atoms with Gasteiger partial charge in [0.1, 0.15) is 17.5 Å². The second-order valence-electron chi connectivity index (χ2n) is 2.96. The smallest absolute Gasteiger partial charge is 0.135 e. The number of pyridine rings is 1. The molecule has 4 heteroatoms. The van der Waals surface area contributed by atoms with Gasteiger partial charge in [-0.15, -0.1) is 0 Å². The molecule has 0 unspecified atom stereocenters. The molecule has 0 aliphatic rings. The average molecular weight is 209 g/mol. The van der Waals surface area contributed by atoms with E-state index in [9.17, 15) is 13.2 Å². The van der Waals surface area contributed by atoms with Crippen LogP contribution in [0.5, 0.6) is 0 Å². The van der Waals surface area contributed by atoms with E-state index in [1.54, 1.807) is 0 Å². The molecule has 0 saturated carbocycles. The molecule has 1 aromatic heterocycles. The van der Waals surface area contributed by atoms with E-state index in [1.807, 2.05) is 0 Å². The van der Waals surface area contributed by atoms with Gasteiger partial charge in [-0.1, -0.05) is 6.07 Å². The second-order valence-corrected chi connectivity index (χ2v) is 2.96. The van der Waals surface area contributed by atoms with Crippen molar-refractivity contribution in [1.82, 2.24) is 4.98 Å². The highest BCUT2D eigenvalue weighted by Gasteiger charge is 2.12. The van der Waals surface area contributed by atoms with Gasteiger partial charge in [0.2, 0.25) is 0 Å². The molecule has 0 bridgehead atoms. The van der Waals surface area contributed by atoms with Crippen LogP contribution in [-0.2, 0) is 0 Å². The van der Waals surface area contributed by atoms with Crippen molar-refractivity contribution < 1.29 is 13.2 Å². The Balaban J connectivity index is 2.63. The van der Waals surface area contributed by atoms with Crippen molar-refractivity contribution in [3.05, 3.63) is 54.0 Å². The molecule has 0 aliphatic heterocycles. The van der Waals surface area contributed by atoms with Crippen molar-refractivity contribution in [2.24, 2.45) is 0 Å². The molecule has 15 heavy (non-hydrogen) atoms. The largest absolute Gasteiger partial charge is 0.256 e. The molecule has 0 amide bonds. The topological polar surface area (TPSA) is 12.9 Å². The maximum absolute atomic E-state index is 13.3. The number of halogens is 3. The second kappa shape index (κ2) is 3.73. The summed E-state index contributed by atoms with van der Waals surface area (Å²) in [6.45, 7) is 0. The molecule has 0 aliphatic carbocycles. The molecular weight excluding hydrogens is 203 g/mol. The molecule has 0 saturated heterocycles. The highest BCUT2D eigenvalue weighted by molar-refractivity contribution is 5.60. The van der Waals surface area contributed by atoms with Crippen LogP contribution < -0.4 is 0 Å². The molecule has 0 N–H and O–H groups in total. The molecule has 0 radical (unpaired) electrons. The lowest BCUT2D eigenvalue weighted by Crippen LogP contribution is -1.92. The van der Waals surface area contributed by atoms with Crippen LogP contribution in [0.2, 0.25) is 0 Å². The average Bonchev–Trinajstić information content (AvgIpc) is 2.17. The normalized spacial score (nSPS) is 10.3. The van der Waals surface area contributed by atoms with Gasteiger partial charge in [-0.05, 0) is 18.2 Å². The van der Waals surface area contributed by atoms with E-state index in [0.717, 1.165) is 30.5 Å². The minimum Gasteiger partial charge on any atom is -0.256 e. The van der Waals surface area contributed by atoms with Crippen LogP contribution in [-0.4, -0.2) is 4.98 Å². The summed E-state index contributed by atoms with van der Waals surface area (Å²) >= 11 is 0. The highest BCUT2D eigenvalue weighted by atomic mass is 19.1. The fourth-order valence-electron chi connectivity index (χ4n) is 1.28. The predicted octanol–water partition coefficient (Wildman–Crippen LogP) is 3.17. The Bertz CT molecular complexity index is 477. The van der Waals surface area contributed by atoms with Crippen molar-refractivity contribution in [2.45, 2.75) is 0 Å². The van der Waals surface area contributed by atoms with Crippen molar-refractivity contribution in [3.8, 4) is 11.3 Å². The zero-order valence-corrected chi connectivity index (χ0v) is 7.55. The first-order valence-corrected chi connectivity index (χ1v) is 4.24. The van der Waals surface area contributed by atoms with Crippen molar-refractivity contribution >= 4 is 0 Å². The van der Waals surface area contributed by atoms with E-state index < -0.39 is 17.5 Å². The Kier molecular flexibility index (Phi) is 2.41. The number of rotatable bonds is 1. The van der Waals surface area contributed by atoms with E-state index in [4.69, 9.17) is 0 Å². The standard InChI is InChI=1S/C11H6F3N/c12-7-4-5-15-10(6-7)11-8(13)2-1-3-9(11)14/h1-6H. The zero-order chi connectivity index (χ0) is 10.8. The van der Waals surface area contributed by atoms with Gasteiger partial charge in [-0.25, -0.2) is 13.2 Å². The van der Waals surface area contributed by atoms with Gasteiger partial charge in [0, 0.05) is 12.3 Å². The summed E-state index contributed by atoms with van der Waals surface area (Å²) in [6.07, 6.45) is 1.16. The molecule has 0 spiro atoms. The first-order valence-electron chi connectivity index (χ1n) is 4.24. The van der Waals surface area contributed by atoms with Crippen LogP contribution in [0, 0.1) is 17.5 Å². The van der Waals surface area contributed by atoms with Gasteiger partial charge < -0.3 is 0 Å². The first-order chi connectivity index (χ1) is 7.18. The summed E-state index contributed by atoms with van der Waals surface area (Å²) in [7, 11) is 0. The fraction of sp³-hybridized carbons (Fsp3) is 0. The summed E-state index contributed by atoms with van der Waals surface area (Å²) in [6, 6.07) is 5.55. The third-order valence-corrected chi connectivity index (χ3v) is 1.94. The summed E-state index contributed by atoms with van der Waals surface area (Å²) in [5.74, 6) is -2.09. The SMILES string of the molecule is Fc1ccnc(-c2c(F)cccc2F)c1. The Morgan fingerprint density at radius 1 is 0.933 bits per heavy atom. The summed E-state index contributed by atoms with van der Waals surface area (Å²) in [5, 5.41) is 0. The third-order valence-electron chi connectivity index (χ3n) is 1.94. The van der Waals surface area contributed by atoms with Crippen LogP contribution >= 0.6 is 0 Å². The zero-order valence-electron chi connectivity index (χ0n) is 7.55. The summed E-state index contributed by atoms with van der Waals surface area (Å²) in [4.78, 5) is 3.71. The number of benzene rings is 1. The lowest BCUT2D eigenvalue weighted by atomic mass is 10.1. The van der Waals surface area contributed by atoms with Crippen molar-refractivity contribution in [1.29, 1.82) is 0 Å². The molecular formula is C11H6F3N. The van der Waals surface area contributed by atoms with Gasteiger partial charge in [-0.3, -0.25) is 4.98 Å². The van der Waals surface area contributed by atoms with Gasteiger partial charge in [0.25, 0.3) is 0 Å². The molecule has 0 fully saturated rings. The maximum Gasteiger partial charge on any atom is 0.135 e. The van der Waals surface area contributed by atoms with Gasteiger partial charge in [-0.2, -0.15) is 0 Å². The third kappa shape index (κ3) is 1.83. The van der Waals surface area contributed by atoms with E-state index in [2.05, 4.69) is 4.98 Å². The lowest BCUT2D eigenvalue weighted by Gasteiger charge is -2.03. The van der Waals surface area contributed by atoms with E-state index in [0.29, 0.717) is 0 Å².